The SMILES string of the molecule is C=CC(=O)Nc1cccc(Oc2ccc(S(=O)(=O)c3ccc(Oc4ccc(S(=O)(=O)c5ccc(Oc6ccc(S(=O)(=O)c7ccc(Oc8ccc(Oc9ccc(S(=O)(=O)c%10ccc(Oc%11cccc(NC(=O)C=C)c%11)cc%10)cc9)c(S(=O)(=O)[O-])c8)cc7)cc6)cc5)cc4)cc3)cc2)c1. The molecule has 11 aromatic carbocycles. The molecule has 0 unspecified atom stereocenters. The van der Waals surface area contributed by atoms with E-state index >= 15 is 0 Å². The fourth-order valence-electron chi connectivity index (χ4n) is 9.34. The molecule has 0 spiro atoms. The molecule has 0 aliphatic heterocycles. The third kappa shape index (κ3) is 16.0. The molecule has 11 aromatic rings. The molecule has 0 bridgehead atoms. The van der Waals surface area contributed by atoms with Crippen LogP contribution in [0.3, 0.4) is 0 Å². The van der Waals surface area contributed by atoms with Crippen molar-refractivity contribution in [3.8, 4) is 69.0 Å². The number of ether oxygens (including phenoxy) is 6. The van der Waals surface area contributed by atoms with Gasteiger partial charge in [-0.1, -0.05) is 25.3 Å². The minimum Gasteiger partial charge on any atom is -0.744 e. The summed E-state index contributed by atoms with van der Waals surface area (Å²) in [5, 5.41) is 5.27. The molecule has 0 aliphatic rings. The van der Waals surface area contributed by atoms with Gasteiger partial charge >= 0.3 is 0 Å². The van der Waals surface area contributed by atoms with E-state index in [9.17, 15) is 56.2 Å². The average Bonchev–Trinajstić information content (AvgIpc) is 0.827. The second-order valence-electron chi connectivity index (χ2n) is 20.9. The van der Waals surface area contributed by atoms with E-state index in [0.29, 0.717) is 34.4 Å². The Morgan fingerprint density at radius 2 is 0.500 bits per heavy atom. The zero-order valence-electron chi connectivity index (χ0n) is 50.7. The summed E-state index contributed by atoms with van der Waals surface area (Å²) in [6.45, 7) is 6.85. The Morgan fingerprint density at radius 1 is 0.286 bits per heavy atom. The van der Waals surface area contributed by atoms with E-state index < -0.39 is 66.0 Å². The first-order valence-corrected chi connectivity index (χ1v) is 36.2. The minimum absolute atomic E-state index is 0.00171. The van der Waals surface area contributed by atoms with Gasteiger partial charge in [0.15, 0.2) is 0 Å². The number of benzene rings is 11. The topological polar surface area (TPSA) is 307 Å². The van der Waals surface area contributed by atoms with Crippen LogP contribution >= 0.6 is 0 Å². The lowest BCUT2D eigenvalue weighted by molar-refractivity contribution is -0.112. The molecule has 0 fully saturated rings. The lowest BCUT2D eigenvalue weighted by atomic mass is 10.3. The number of anilines is 2. The number of hydrogen-bond acceptors (Lipinski definition) is 19. The highest BCUT2D eigenvalue weighted by Crippen LogP contribution is 2.38. The molecule has 98 heavy (non-hydrogen) atoms. The standard InChI is InChI=1S/C72H52N2O19S5/c1-3-71(75)73-48-7-5-9-58(45-48)90-54-19-36-65(37-20-54)95(79,80)63-32-15-52(16-33-63)88-50-11-28-61(29-12-50)94(77,78)62-30-13-51(14-31-62)89-53-17-34-64(35-18-53)96(81,82)67-40-23-56(24-41-67)92-60-27-44-69(70(47-60)98(85,86)87)93-57-25-42-68(43-26-57)97(83,84)66-38-21-55(22-39-66)91-59-10-6-8-49(46-59)74-72(76)4-2/h3-47H,1-2H2,(H,73,75)(H,74,76)(H,85,86,87)/p-1. The summed E-state index contributed by atoms with van der Waals surface area (Å²) < 4.78 is 181. The molecule has 0 saturated heterocycles. The van der Waals surface area contributed by atoms with Crippen molar-refractivity contribution in [2.75, 3.05) is 10.6 Å². The third-order valence-electron chi connectivity index (χ3n) is 14.2. The van der Waals surface area contributed by atoms with Gasteiger partial charge in [0.2, 0.25) is 51.2 Å². The minimum atomic E-state index is -5.20. The molecule has 0 aromatic heterocycles. The number of hydrogen-bond donors (Lipinski definition) is 2. The van der Waals surface area contributed by atoms with Crippen LogP contribution in [0.4, 0.5) is 11.4 Å². The van der Waals surface area contributed by atoms with Crippen LogP contribution in [-0.2, 0) is 59.1 Å². The summed E-state index contributed by atoms with van der Waals surface area (Å²) in [7, 11) is -21.4. The first kappa shape index (κ1) is 67.8. The average molecular weight is 1410 g/mol. The molecule has 0 aliphatic carbocycles. The number of carbonyl (C=O) groups excluding carboxylic acids is 2. The van der Waals surface area contributed by atoms with Crippen molar-refractivity contribution in [3.05, 3.63) is 286 Å². The molecular formula is C72H51N2O19S5-. The van der Waals surface area contributed by atoms with Crippen LogP contribution in [0.25, 0.3) is 0 Å². The van der Waals surface area contributed by atoms with Gasteiger partial charge in [-0.25, -0.2) is 42.1 Å². The lowest BCUT2D eigenvalue weighted by Gasteiger charge is -2.16. The van der Waals surface area contributed by atoms with Gasteiger partial charge in [0.05, 0.1) is 39.2 Å². The third-order valence-corrected chi connectivity index (χ3v) is 22.2. The van der Waals surface area contributed by atoms with Gasteiger partial charge in [0.25, 0.3) is 0 Å². The van der Waals surface area contributed by atoms with E-state index in [1.807, 2.05) is 0 Å². The molecule has 0 atom stereocenters. The van der Waals surface area contributed by atoms with Gasteiger partial charge < -0.3 is 43.6 Å². The molecule has 494 valence electrons. The van der Waals surface area contributed by atoms with E-state index in [1.54, 1.807) is 48.5 Å². The van der Waals surface area contributed by atoms with Crippen molar-refractivity contribution in [2.45, 2.75) is 44.1 Å². The van der Waals surface area contributed by atoms with Crippen molar-refractivity contribution in [3.63, 3.8) is 0 Å². The highest BCUT2D eigenvalue weighted by molar-refractivity contribution is 7.92. The predicted molar refractivity (Wildman–Crippen MR) is 359 cm³/mol. The summed E-state index contributed by atoms with van der Waals surface area (Å²) in [5.41, 5.74) is 0.952. The van der Waals surface area contributed by atoms with Crippen LogP contribution in [0.2, 0.25) is 0 Å². The van der Waals surface area contributed by atoms with Crippen molar-refractivity contribution in [1.82, 2.24) is 0 Å². The number of sulfone groups is 4. The van der Waals surface area contributed by atoms with Crippen LogP contribution in [0.15, 0.2) is 330 Å². The summed E-state index contributed by atoms with van der Waals surface area (Å²) in [6.07, 6.45) is 2.26. The van der Waals surface area contributed by atoms with Crippen LogP contribution in [0.5, 0.6) is 69.0 Å². The molecule has 0 radical (unpaired) electrons. The summed E-state index contributed by atoms with van der Waals surface area (Å²) in [6, 6.07) is 60.6. The molecule has 26 heteroatoms. The molecule has 0 heterocycles. The molecule has 2 amide bonds. The first-order valence-electron chi connectivity index (χ1n) is 28.9. The van der Waals surface area contributed by atoms with Gasteiger partial charge in [0, 0.05) is 29.6 Å². The van der Waals surface area contributed by atoms with Crippen LogP contribution in [0.1, 0.15) is 0 Å². The normalized spacial score (nSPS) is 11.7. The lowest BCUT2D eigenvalue weighted by Crippen LogP contribution is -2.06. The number of nitrogens with one attached hydrogen (secondary N) is 2. The maximum atomic E-state index is 13.7. The second kappa shape index (κ2) is 28.4. The summed E-state index contributed by atoms with van der Waals surface area (Å²) in [5.74, 6) is 1.26. The van der Waals surface area contributed by atoms with Crippen LogP contribution in [-0.4, -0.2) is 58.5 Å². The predicted octanol–water partition coefficient (Wildman–Crippen LogP) is 14.9. The summed E-state index contributed by atoms with van der Waals surface area (Å²) >= 11 is 0. The number of carbonyl (C=O) groups is 2. The Kier molecular flexibility index (Phi) is 19.6. The van der Waals surface area contributed by atoms with Gasteiger partial charge in [-0.15, -0.1) is 0 Å². The Labute approximate surface area is 563 Å². The highest BCUT2D eigenvalue weighted by Gasteiger charge is 2.24. The quantitative estimate of drug-likeness (QED) is 0.0397. The van der Waals surface area contributed by atoms with Crippen molar-refractivity contribution >= 4 is 72.7 Å². The fraction of sp³-hybridized carbons (Fsp3) is 0. The molecule has 0 saturated carbocycles. The van der Waals surface area contributed by atoms with Gasteiger partial charge in [-0.3, -0.25) is 9.59 Å². The monoisotopic (exact) mass is 1410 g/mol. The molecule has 2 N–H and O–H groups in total. The molecular weight excluding hydrogens is 1360 g/mol. The largest absolute Gasteiger partial charge is 0.744 e. The Balaban J connectivity index is 0.657. The van der Waals surface area contributed by atoms with E-state index in [-0.39, 0.29) is 85.3 Å². The Hall–Kier alpha value is -11.7. The number of amides is 2. The zero-order chi connectivity index (χ0) is 69.4. The first-order chi connectivity index (χ1) is 46.8. The second-order valence-corrected chi connectivity index (χ2v) is 30.0. The van der Waals surface area contributed by atoms with E-state index in [1.165, 1.54) is 206 Å². The summed E-state index contributed by atoms with van der Waals surface area (Å²) in [4.78, 5) is 22.1. The fourth-order valence-corrected chi connectivity index (χ4v) is 15.0. The number of rotatable bonds is 25. The van der Waals surface area contributed by atoms with Crippen LogP contribution < -0.4 is 39.1 Å². The van der Waals surface area contributed by atoms with Crippen molar-refractivity contribution < 1.29 is 84.7 Å². The van der Waals surface area contributed by atoms with E-state index in [2.05, 4.69) is 23.8 Å². The van der Waals surface area contributed by atoms with Crippen molar-refractivity contribution in [2.24, 2.45) is 0 Å². The Morgan fingerprint density at radius 3 is 0.735 bits per heavy atom. The maximum Gasteiger partial charge on any atom is 0.247 e. The van der Waals surface area contributed by atoms with E-state index in [0.717, 1.165) is 18.2 Å². The smallest absolute Gasteiger partial charge is 0.247 e. The van der Waals surface area contributed by atoms with Crippen LogP contribution in [0, 0.1) is 0 Å². The van der Waals surface area contributed by atoms with Crippen molar-refractivity contribution in [1.29, 1.82) is 0 Å². The molecule has 11 rings (SSSR count). The zero-order valence-corrected chi connectivity index (χ0v) is 54.8. The van der Waals surface area contributed by atoms with Gasteiger partial charge in [0.1, 0.15) is 84.0 Å². The maximum absolute atomic E-state index is 13.7. The highest BCUT2D eigenvalue weighted by atomic mass is 32.2. The van der Waals surface area contributed by atoms with Gasteiger partial charge in [-0.05, 0) is 243 Å². The van der Waals surface area contributed by atoms with Gasteiger partial charge in [-0.2, -0.15) is 0 Å². The Bertz CT molecular complexity index is 5430. The molecule has 21 nitrogen and oxygen atoms in total. The van der Waals surface area contributed by atoms with E-state index in [4.69, 9.17) is 28.4 Å².